The molecule has 1 saturated heterocycles. The van der Waals surface area contributed by atoms with Crippen LogP contribution in [-0.4, -0.2) is 42.6 Å². The molecule has 1 aromatic rings. The summed E-state index contributed by atoms with van der Waals surface area (Å²) in [5.41, 5.74) is 1.40. The number of hydrogen-bond acceptors (Lipinski definition) is 2. The van der Waals surface area contributed by atoms with Crippen molar-refractivity contribution in [2.45, 2.75) is 12.8 Å². The topological polar surface area (TPSA) is 30.2 Å². The van der Waals surface area contributed by atoms with Gasteiger partial charge in [0.2, 0.25) is 0 Å². The number of rotatable bonds is 4. The van der Waals surface area contributed by atoms with Crippen LogP contribution in [0.4, 0.5) is 0 Å². The van der Waals surface area contributed by atoms with Gasteiger partial charge in [-0.3, -0.25) is 4.98 Å². The van der Waals surface area contributed by atoms with E-state index in [1.54, 1.807) is 0 Å². The third kappa shape index (κ3) is 3.61. The monoisotopic (exact) mass is 204 g/mol. The molecule has 0 aliphatic carbocycles. The lowest BCUT2D eigenvalue weighted by atomic mass is 10.1. The maximum absolute atomic E-state index is 4.34. The second-order valence-electron chi connectivity index (χ2n) is 3.97. The number of piperazine rings is 1. The molecule has 2 rings (SSSR count). The molecule has 0 aromatic carbocycles. The molecule has 0 spiro atoms. The number of pyridine rings is 1. The van der Waals surface area contributed by atoms with Crippen LogP contribution in [0.15, 0.2) is 24.5 Å². The van der Waals surface area contributed by atoms with Gasteiger partial charge in [0.1, 0.15) is 0 Å². The quantitative estimate of drug-likeness (QED) is 0.730. The van der Waals surface area contributed by atoms with Gasteiger partial charge in [-0.2, -0.15) is 0 Å². The van der Waals surface area contributed by atoms with Crippen molar-refractivity contribution in [2.75, 3.05) is 32.7 Å². The average Bonchev–Trinajstić information content (AvgIpc) is 2.32. The molecule has 0 atom stereocenters. The van der Waals surface area contributed by atoms with E-state index in [2.05, 4.69) is 27.3 Å². The van der Waals surface area contributed by atoms with Crippen molar-refractivity contribution in [3.63, 3.8) is 0 Å². The zero-order valence-corrected chi connectivity index (χ0v) is 9.10. The number of nitrogens with zero attached hydrogens (tertiary/aromatic N) is 3. The molecule has 1 aromatic heterocycles. The van der Waals surface area contributed by atoms with E-state index in [0.29, 0.717) is 0 Å². The molecule has 1 radical (unpaired) electrons. The second kappa shape index (κ2) is 5.83. The van der Waals surface area contributed by atoms with Gasteiger partial charge in [0.15, 0.2) is 0 Å². The molecular formula is C12H18N3. The van der Waals surface area contributed by atoms with Gasteiger partial charge < -0.3 is 4.90 Å². The minimum atomic E-state index is 1.02. The van der Waals surface area contributed by atoms with Gasteiger partial charge in [0.05, 0.1) is 0 Å². The van der Waals surface area contributed by atoms with Crippen LogP contribution >= 0.6 is 0 Å². The molecular weight excluding hydrogens is 186 g/mol. The Kier molecular flexibility index (Phi) is 4.11. The molecule has 1 aliphatic rings. The molecule has 3 nitrogen and oxygen atoms in total. The van der Waals surface area contributed by atoms with Gasteiger partial charge in [-0.1, -0.05) is 0 Å². The van der Waals surface area contributed by atoms with E-state index < -0.39 is 0 Å². The summed E-state index contributed by atoms with van der Waals surface area (Å²) in [6.07, 6.45) is 6.14. The lowest BCUT2D eigenvalue weighted by Crippen LogP contribution is -2.40. The van der Waals surface area contributed by atoms with Crippen LogP contribution in [0.25, 0.3) is 0 Å². The molecule has 0 amide bonds. The molecule has 3 heteroatoms. The Hall–Kier alpha value is -0.930. The first-order valence-electron chi connectivity index (χ1n) is 5.70. The fourth-order valence-electron chi connectivity index (χ4n) is 1.93. The predicted molar refractivity (Wildman–Crippen MR) is 60.9 cm³/mol. The van der Waals surface area contributed by atoms with Crippen LogP contribution in [0, 0.1) is 0 Å². The van der Waals surface area contributed by atoms with Crippen molar-refractivity contribution < 1.29 is 0 Å². The van der Waals surface area contributed by atoms with E-state index in [0.717, 1.165) is 32.6 Å². The van der Waals surface area contributed by atoms with E-state index in [1.165, 1.54) is 18.5 Å². The lowest BCUT2D eigenvalue weighted by molar-refractivity contribution is 0.236. The molecule has 0 unspecified atom stereocenters. The van der Waals surface area contributed by atoms with E-state index in [9.17, 15) is 0 Å². The van der Waals surface area contributed by atoms with Crippen LogP contribution in [-0.2, 0) is 6.42 Å². The Balaban J connectivity index is 1.66. The van der Waals surface area contributed by atoms with Gasteiger partial charge in [0.25, 0.3) is 0 Å². The third-order valence-electron chi connectivity index (χ3n) is 2.84. The maximum atomic E-state index is 4.34. The third-order valence-corrected chi connectivity index (χ3v) is 2.84. The Morgan fingerprint density at radius 3 is 2.60 bits per heavy atom. The van der Waals surface area contributed by atoms with Crippen molar-refractivity contribution in [3.05, 3.63) is 30.1 Å². The van der Waals surface area contributed by atoms with Crippen molar-refractivity contribution in [1.82, 2.24) is 15.2 Å². The minimum absolute atomic E-state index is 1.02. The zero-order valence-electron chi connectivity index (χ0n) is 9.10. The van der Waals surface area contributed by atoms with Crippen LogP contribution in [0.3, 0.4) is 0 Å². The summed E-state index contributed by atoms with van der Waals surface area (Å²) in [5, 5.41) is 4.34. The summed E-state index contributed by atoms with van der Waals surface area (Å²) in [4.78, 5) is 6.53. The first-order valence-corrected chi connectivity index (χ1v) is 5.70. The fourth-order valence-corrected chi connectivity index (χ4v) is 1.93. The van der Waals surface area contributed by atoms with E-state index >= 15 is 0 Å². The maximum Gasteiger partial charge on any atom is 0.0270 e. The number of aryl methyl sites for hydroxylation is 1. The van der Waals surface area contributed by atoms with Crippen LogP contribution in [0.5, 0.6) is 0 Å². The summed E-state index contributed by atoms with van der Waals surface area (Å²) >= 11 is 0. The molecule has 15 heavy (non-hydrogen) atoms. The Morgan fingerprint density at radius 2 is 1.87 bits per heavy atom. The highest BCUT2D eigenvalue weighted by atomic mass is 15.2. The number of hydrogen-bond donors (Lipinski definition) is 0. The first kappa shape index (κ1) is 10.6. The summed E-state index contributed by atoms with van der Waals surface area (Å²) in [5.74, 6) is 0. The average molecular weight is 204 g/mol. The highest BCUT2D eigenvalue weighted by molar-refractivity contribution is 5.09. The molecule has 0 N–H and O–H groups in total. The molecule has 0 saturated carbocycles. The highest BCUT2D eigenvalue weighted by Crippen LogP contribution is 2.03. The first-order chi connectivity index (χ1) is 7.45. The van der Waals surface area contributed by atoms with Crippen LogP contribution < -0.4 is 5.32 Å². The van der Waals surface area contributed by atoms with Crippen molar-refractivity contribution in [3.8, 4) is 0 Å². The predicted octanol–water partition coefficient (Wildman–Crippen LogP) is 0.934. The normalized spacial score (nSPS) is 17.9. The van der Waals surface area contributed by atoms with Gasteiger partial charge >= 0.3 is 0 Å². The minimum Gasteiger partial charge on any atom is -0.301 e. The smallest absolute Gasteiger partial charge is 0.0270 e. The zero-order chi connectivity index (χ0) is 10.3. The summed E-state index contributed by atoms with van der Waals surface area (Å²) in [6.45, 7) is 5.55. The van der Waals surface area contributed by atoms with Gasteiger partial charge in [-0.25, -0.2) is 5.32 Å². The SMILES string of the molecule is c1cc(CCCN2CC[N]CC2)ccn1. The van der Waals surface area contributed by atoms with Crippen molar-refractivity contribution in [1.29, 1.82) is 0 Å². The van der Waals surface area contributed by atoms with Gasteiger partial charge in [-0.15, -0.1) is 0 Å². The molecule has 0 bridgehead atoms. The van der Waals surface area contributed by atoms with E-state index in [1.807, 2.05) is 12.4 Å². The summed E-state index contributed by atoms with van der Waals surface area (Å²) in [7, 11) is 0. The van der Waals surface area contributed by atoms with E-state index in [4.69, 9.17) is 0 Å². The fraction of sp³-hybridized carbons (Fsp3) is 0.583. The Morgan fingerprint density at radius 1 is 1.13 bits per heavy atom. The summed E-state index contributed by atoms with van der Waals surface area (Å²) in [6, 6.07) is 4.21. The highest BCUT2D eigenvalue weighted by Gasteiger charge is 2.08. The van der Waals surface area contributed by atoms with Gasteiger partial charge in [0, 0.05) is 38.6 Å². The lowest BCUT2D eigenvalue weighted by Gasteiger charge is -2.26. The van der Waals surface area contributed by atoms with Gasteiger partial charge in [-0.05, 0) is 37.1 Å². The Bertz CT molecular complexity index is 267. The van der Waals surface area contributed by atoms with E-state index in [-0.39, 0.29) is 0 Å². The van der Waals surface area contributed by atoms with Crippen molar-refractivity contribution >= 4 is 0 Å². The van der Waals surface area contributed by atoms with Crippen LogP contribution in [0.1, 0.15) is 12.0 Å². The molecule has 81 valence electrons. The second-order valence-corrected chi connectivity index (χ2v) is 3.97. The largest absolute Gasteiger partial charge is 0.301 e. The molecule has 1 fully saturated rings. The molecule has 2 heterocycles. The van der Waals surface area contributed by atoms with Crippen LogP contribution in [0.2, 0.25) is 0 Å². The molecule has 1 aliphatic heterocycles. The summed E-state index contributed by atoms with van der Waals surface area (Å²) < 4.78 is 0. The Labute approximate surface area is 91.5 Å². The number of aromatic nitrogens is 1. The standard InChI is InChI=1S/C12H18N3/c1(2-12-3-5-13-6-4-12)9-15-10-7-14-8-11-15/h3-6H,1-2,7-11H2. The van der Waals surface area contributed by atoms with Crippen molar-refractivity contribution in [2.24, 2.45) is 0 Å².